The highest BCUT2D eigenvalue weighted by Crippen LogP contribution is 2.17. The van der Waals surface area contributed by atoms with Crippen LogP contribution in [0.2, 0.25) is 0 Å². The fourth-order valence-electron chi connectivity index (χ4n) is 1.60. The third-order valence-corrected chi connectivity index (χ3v) is 2.65. The van der Waals surface area contributed by atoms with Gasteiger partial charge in [-0.25, -0.2) is 9.97 Å². The third kappa shape index (κ3) is 4.04. The molecule has 0 unspecified atom stereocenters. The standard InChI is InChI=1S/C15H16N4O2/c1-3-7-16-15-17-9-11(10-18-15)14(20)19-12-5-4-6-13(8-12)21-2/h3-6,8-10H,1,7H2,2H3,(H,19,20)(H,16,17,18). The van der Waals surface area contributed by atoms with E-state index in [0.717, 1.165) is 0 Å². The summed E-state index contributed by atoms with van der Waals surface area (Å²) in [5.41, 5.74) is 1.02. The zero-order valence-corrected chi connectivity index (χ0v) is 11.7. The number of ether oxygens (including phenoxy) is 1. The molecule has 0 aliphatic rings. The predicted octanol–water partition coefficient (Wildman–Crippen LogP) is 2.34. The Bertz CT molecular complexity index is 626. The van der Waals surface area contributed by atoms with Gasteiger partial charge >= 0.3 is 0 Å². The van der Waals surface area contributed by atoms with Crippen molar-refractivity contribution in [2.75, 3.05) is 24.3 Å². The van der Waals surface area contributed by atoms with Crippen LogP contribution in [-0.4, -0.2) is 29.5 Å². The lowest BCUT2D eigenvalue weighted by atomic mass is 10.2. The second-order valence-corrected chi connectivity index (χ2v) is 4.15. The van der Waals surface area contributed by atoms with Crippen molar-refractivity contribution >= 4 is 17.5 Å². The number of methoxy groups -OCH3 is 1. The Labute approximate surface area is 122 Å². The second kappa shape index (κ2) is 7.04. The minimum Gasteiger partial charge on any atom is -0.497 e. The molecule has 1 aromatic heterocycles. The molecule has 2 N–H and O–H groups in total. The summed E-state index contributed by atoms with van der Waals surface area (Å²) in [4.78, 5) is 20.2. The minimum atomic E-state index is -0.279. The van der Waals surface area contributed by atoms with Crippen molar-refractivity contribution in [3.8, 4) is 5.75 Å². The molecule has 1 heterocycles. The van der Waals surface area contributed by atoms with Crippen LogP contribution in [0.25, 0.3) is 0 Å². The number of anilines is 2. The lowest BCUT2D eigenvalue weighted by Gasteiger charge is -2.07. The first-order chi connectivity index (χ1) is 10.2. The van der Waals surface area contributed by atoms with Gasteiger partial charge in [0.05, 0.1) is 12.7 Å². The molecule has 108 valence electrons. The molecule has 1 amide bonds. The fourth-order valence-corrected chi connectivity index (χ4v) is 1.60. The Kier molecular flexibility index (Phi) is 4.87. The van der Waals surface area contributed by atoms with Gasteiger partial charge in [0.2, 0.25) is 5.95 Å². The fraction of sp³-hybridized carbons (Fsp3) is 0.133. The predicted molar refractivity (Wildman–Crippen MR) is 81.7 cm³/mol. The van der Waals surface area contributed by atoms with Gasteiger partial charge in [0.25, 0.3) is 5.91 Å². The summed E-state index contributed by atoms with van der Waals surface area (Å²) < 4.78 is 5.10. The van der Waals surface area contributed by atoms with E-state index in [2.05, 4.69) is 27.2 Å². The molecule has 0 spiro atoms. The SMILES string of the molecule is C=CCNc1ncc(C(=O)Nc2cccc(OC)c2)cn1. The van der Waals surface area contributed by atoms with Gasteiger partial charge < -0.3 is 15.4 Å². The van der Waals surface area contributed by atoms with Gasteiger partial charge in [0, 0.05) is 30.7 Å². The van der Waals surface area contributed by atoms with E-state index in [4.69, 9.17) is 4.74 Å². The highest BCUT2D eigenvalue weighted by Gasteiger charge is 2.08. The Balaban J connectivity index is 2.03. The van der Waals surface area contributed by atoms with Crippen LogP contribution in [0.5, 0.6) is 5.75 Å². The Hall–Kier alpha value is -2.89. The number of carbonyl (C=O) groups excluding carboxylic acids is 1. The highest BCUT2D eigenvalue weighted by atomic mass is 16.5. The molecule has 0 fully saturated rings. The number of hydrogen-bond donors (Lipinski definition) is 2. The normalized spacial score (nSPS) is 9.76. The van der Waals surface area contributed by atoms with Crippen LogP contribution in [0, 0.1) is 0 Å². The number of hydrogen-bond acceptors (Lipinski definition) is 5. The van der Waals surface area contributed by atoms with Crippen molar-refractivity contribution in [3.63, 3.8) is 0 Å². The molecular formula is C15H16N4O2. The van der Waals surface area contributed by atoms with Crippen molar-refractivity contribution in [2.45, 2.75) is 0 Å². The number of rotatable bonds is 6. The molecule has 1 aromatic carbocycles. The van der Waals surface area contributed by atoms with Gasteiger partial charge in [-0.2, -0.15) is 0 Å². The molecule has 6 heteroatoms. The molecule has 6 nitrogen and oxygen atoms in total. The van der Waals surface area contributed by atoms with Crippen LogP contribution < -0.4 is 15.4 Å². The van der Waals surface area contributed by atoms with Gasteiger partial charge in [0.15, 0.2) is 0 Å². The molecule has 0 saturated carbocycles. The molecule has 0 saturated heterocycles. The molecule has 21 heavy (non-hydrogen) atoms. The molecule has 0 atom stereocenters. The third-order valence-electron chi connectivity index (χ3n) is 2.65. The maximum atomic E-state index is 12.1. The van der Waals surface area contributed by atoms with Crippen molar-refractivity contribution in [1.29, 1.82) is 0 Å². The summed E-state index contributed by atoms with van der Waals surface area (Å²) in [6.45, 7) is 4.15. The van der Waals surface area contributed by atoms with E-state index in [-0.39, 0.29) is 5.91 Å². The monoisotopic (exact) mass is 284 g/mol. The minimum absolute atomic E-state index is 0.279. The summed E-state index contributed by atoms with van der Waals surface area (Å²) in [6.07, 6.45) is 4.63. The van der Waals surface area contributed by atoms with Gasteiger partial charge in [-0.1, -0.05) is 12.1 Å². The van der Waals surface area contributed by atoms with E-state index < -0.39 is 0 Å². The van der Waals surface area contributed by atoms with Crippen LogP contribution in [0.1, 0.15) is 10.4 Å². The highest BCUT2D eigenvalue weighted by molar-refractivity contribution is 6.03. The van der Waals surface area contributed by atoms with E-state index in [1.54, 1.807) is 37.5 Å². The molecule has 2 rings (SSSR count). The Morgan fingerprint density at radius 2 is 2.14 bits per heavy atom. The van der Waals surface area contributed by atoms with E-state index in [9.17, 15) is 4.79 Å². The topological polar surface area (TPSA) is 76.1 Å². The lowest BCUT2D eigenvalue weighted by molar-refractivity contribution is 0.102. The maximum Gasteiger partial charge on any atom is 0.258 e. The zero-order valence-electron chi connectivity index (χ0n) is 11.7. The van der Waals surface area contributed by atoms with Gasteiger partial charge in [-0.3, -0.25) is 4.79 Å². The number of amides is 1. The summed E-state index contributed by atoms with van der Waals surface area (Å²) in [6, 6.07) is 7.12. The Morgan fingerprint density at radius 1 is 1.38 bits per heavy atom. The molecule has 0 aliphatic heterocycles. The van der Waals surface area contributed by atoms with Crippen LogP contribution in [-0.2, 0) is 0 Å². The first-order valence-electron chi connectivity index (χ1n) is 6.35. The number of carbonyl (C=O) groups is 1. The number of benzene rings is 1. The first-order valence-corrected chi connectivity index (χ1v) is 6.35. The van der Waals surface area contributed by atoms with Crippen LogP contribution in [0.15, 0.2) is 49.3 Å². The van der Waals surface area contributed by atoms with Crippen molar-refractivity contribution in [2.24, 2.45) is 0 Å². The molecule has 0 aliphatic carbocycles. The number of nitrogens with zero attached hydrogens (tertiary/aromatic N) is 2. The van der Waals surface area contributed by atoms with Crippen LogP contribution in [0.4, 0.5) is 11.6 Å². The van der Waals surface area contributed by atoms with E-state index in [0.29, 0.717) is 29.5 Å². The van der Waals surface area contributed by atoms with Crippen LogP contribution >= 0.6 is 0 Å². The zero-order chi connectivity index (χ0) is 15.1. The van der Waals surface area contributed by atoms with Gasteiger partial charge in [0.1, 0.15) is 5.75 Å². The van der Waals surface area contributed by atoms with Crippen molar-refractivity contribution in [1.82, 2.24) is 9.97 Å². The van der Waals surface area contributed by atoms with Crippen molar-refractivity contribution < 1.29 is 9.53 Å². The largest absolute Gasteiger partial charge is 0.497 e. The summed E-state index contributed by atoms with van der Waals surface area (Å²) in [7, 11) is 1.57. The quantitative estimate of drug-likeness (QED) is 0.796. The smallest absolute Gasteiger partial charge is 0.258 e. The summed E-state index contributed by atoms with van der Waals surface area (Å²) in [5, 5.41) is 5.70. The second-order valence-electron chi connectivity index (χ2n) is 4.15. The molecule has 0 radical (unpaired) electrons. The maximum absolute atomic E-state index is 12.1. The number of aromatic nitrogens is 2. The Morgan fingerprint density at radius 3 is 2.81 bits per heavy atom. The van der Waals surface area contributed by atoms with E-state index >= 15 is 0 Å². The average molecular weight is 284 g/mol. The molecule has 0 bridgehead atoms. The summed E-state index contributed by atoms with van der Waals surface area (Å²) in [5.74, 6) is 0.847. The van der Waals surface area contributed by atoms with E-state index in [1.807, 2.05) is 0 Å². The molecule has 2 aromatic rings. The number of nitrogens with one attached hydrogen (secondary N) is 2. The van der Waals surface area contributed by atoms with Gasteiger partial charge in [-0.15, -0.1) is 6.58 Å². The van der Waals surface area contributed by atoms with Crippen LogP contribution in [0.3, 0.4) is 0 Å². The summed E-state index contributed by atoms with van der Waals surface area (Å²) >= 11 is 0. The first kappa shape index (κ1) is 14.5. The van der Waals surface area contributed by atoms with Gasteiger partial charge in [-0.05, 0) is 12.1 Å². The van der Waals surface area contributed by atoms with E-state index in [1.165, 1.54) is 12.4 Å². The molecular weight excluding hydrogens is 268 g/mol. The average Bonchev–Trinajstić information content (AvgIpc) is 2.53. The lowest BCUT2D eigenvalue weighted by Crippen LogP contribution is -2.13. The van der Waals surface area contributed by atoms with Crippen molar-refractivity contribution in [3.05, 3.63) is 54.9 Å².